The Balaban J connectivity index is 1.58. The Morgan fingerprint density at radius 1 is 1.12 bits per heavy atom. The Bertz CT molecular complexity index is 1310. The second-order valence-corrected chi connectivity index (χ2v) is 8.42. The van der Waals surface area contributed by atoms with E-state index in [1.165, 1.54) is 26.8 Å². The molecular formula is C24H23N3O4S. The fourth-order valence-electron chi connectivity index (χ4n) is 3.47. The maximum Gasteiger partial charge on any atom is 0.271 e. The topological polar surface area (TPSA) is 73.1 Å². The summed E-state index contributed by atoms with van der Waals surface area (Å²) in [4.78, 5) is 33.5. The van der Waals surface area contributed by atoms with Crippen LogP contribution in [0.4, 0.5) is 0 Å². The first kappa shape index (κ1) is 21.6. The zero-order valence-electron chi connectivity index (χ0n) is 18.1. The summed E-state index contributed by atoms with van der Waals surface area (Å²) in [5.41, 5.74) is 1.61. The van der Waals surface area contributed by atoms with Crippen molar-refractivity contribution in [3.8, 4) is 11.5 Å². The summed E-state index contributed by atoms with van der Waals surface area (Å²) in [6.07, 6.45) is 3.84. The predicted octanol–water partition coefficient (Wildman–Crippen LogP) is 3.64. The van der Waals surface area contributed by atoms with Crippen molar-refractivity contribution in [2.24, 2.45) is 0 Å². The van der Waals surface area contributed by atoms with E-state index in [0.717, 1.165) is 16.0 Å². The Hall–Kier alpha value is -3.65. The molecule has 2 aromatic heterocycles. The third-order valence-electron chi connectivity index (χ3n) is 5.15. The zero-order valence-corrected chi connectivity index (χ0v) is 18.9. The van der Waals surface area contributed by atoms with E-state index in [2.05, 4.69) is 4.98 Å². The number of methoxy groups -OCH3 is 2. The molecule has 2 aromatic carbocycles. The van der Waals surface area contributed by atoms with E-state index < -0.39 is 5.91 Å². The first-order valence-corrected chi connectivity index (χ1v) is 10.8. The minimum absolute atomic E-state index is 0.0292. The van der Waals surface area contributed by atoms with Gasteiger partial charge >= 0.3 is 0 Å². The molecule has 0 aliphatic carbocycles. The summed E-state index contributed by atoms with van der Waals surface area (Å²) in [7, 11) is 4.79. The van der Waals surface area contributed by atoms with E-state index >= 15 is 0 Å². The molecule has 0 spiro atoms. The van der Waals surface area contributed by atoms with Crippen LogP contribution in [0.3, 0.4) is 0 Å². The molecule has 0 atom stereocenters. The highest BCUT2D eigenvalue weighted by Crippen LogP contribution is 2.26. The fourth-order valence-corrected chi connectivity index (χ4v) is 4.44. The van der Waals surface area contributed by atoms with Gasteiger partial charge in [0.1, 0.15) is 17.1 Å². The monoisotopic (exact) mass is 449 g/mol. The maximum atomic E-state index is 13.0. The molecule has 32 heavy (non-hydrogen) atoms. The van der Waals surface area contributed by atoms with E-state index in [-0.39, 0.29) is 17.7 Å². The SMILES string of the molecule is COc1ccc(CN(C)C(=O)c2cnc3sc(Cc4ccccc4)cn3c2=O)c(OC)c1. The number of amides is 1. The molecule has 8 heteroatoms. The number of hydrogen-bond donors (Lipinski definition) is 0. The van der Waals surface area contributed by atoms with E-state index in [1.54, 1.807) is 39.6 Å². The molecule has 0 aliphatic rings. The third kappa shape index (κ3) is 4.36. The Morgan fingerprint density at radius 3 is 2.62 bits per heavy atom. The normalized spacial score (nSPS) is 10.8. The summed E-state index contributed by atoms with van der Waals surface area (Å²) < 4.78 is 12.1. The standard InChI is InChI=1S/C24H23N3O4S/c1-26(14-17-9-10-18(30-2)12-21(17)31-3)22(28)20-13-25-24-27(23(20)29)15-19(32-24)11-16-7-5-4-6-8-16/h4-10,12-13,15H,11,14H2,1-3H3. The number of hydrogen-bond acceptors (Lipinski definition) is 6. The van der Waals surface area contributed by atoms with Crippen LogP contribution in [-0.2, 0) is 13.0 Å². The Morgan fingerprint density at radius 2 is 1.91 bits per heavy atom. The lowest BCUT2D eigenvalue weighted by molar-refractivity contribution is 0.0782. The number of fused-ring (bicyclic) bond motifs is 1. The van der Waals surface area contributed by atoms with Gasteiger partial charge in [-0.2, -0.15) is 0 Å². The lowest BCUT2D eigenvalue weighted by Crippen LogP contribution is -2.32. The lowest BCUT2D eigenvalue weighted by atomic mass is 10.1. The first-order valence-electron chi connectivity index (χ1n) is 10.0. The first-order chi connectivity index (χ1) is 15.5. The molecule has 0 N–H and O–H groups in total. The molecule has 0 aliphatic heterocycles. The highest BCUT2D eigenvalue weighted by Gasteiger charge is 2.20. The molecule has 4 aromatic rings. The number of benzene rings is 2. The second-order valence-electron chi connectivity index (χ2n) is 7.33. The molecule has 0 radical (unpaired) electrons. The molecule has 0 fully saturated rings. The van der Waals surface area contributed by atoms with Gasteiger partial charge in [-0.1, -0.05) is 30.3 Å². The molecule has 4 rings (SSSR count). The van der Waals surface area contributed by atoms with Gasteiger partial charge in [-0.3, -0.25) is 14.0 Å². The van der Waals surface area contributed by atoms with Crippen LogP contribution < -0.4 is 15.0 Å². The van der Waals surface area contributed by atoms with Gasteiger partial charge in [0.25, 0.3) is 11.5 Å². The van der Waals surface area contributed by atoms with Crippen molar-refractivity contribution >= 4 is 22.2 Å². The number of carbonyl (C=O) groups excluding carboxylic acids is 1. The van der Waals surface area contributed by atoms with E-state index in [1.807, 2.05) is 36.4 Å². The summed E-state index contributed by atoms with van der Waals surface area (Å²) >= 11 is 1.44. The summed E-state index contributed by atoms with van der Waals surface area (Å²) in [6.45, 7) is 0.275. The molecule has 0 saturated heterocycles. The van der Waals surface area contributed by atoms with Gasteiger partial charge in [0.2, 0.25) is 0 Å². The van der Waals surface area contributed by atoms with Crippen molar-refractivity contribution in [2.45, 2.75) is 13.0 Å². The minimum atomic E-state index is -0.398. The number of thiazole rings is 1. The quantitative estimate of drug-likeness (QED) is 0.431. The summed E-state index contributed by atoms with van der Waals surface area (Å²) in [5, 5.41) is 0. The number of aromatic nitrogens is 2. The van der Waals surface area contributed by atoms with Gasteiger partial charge in [0, 0.05) is 48.9 Å². The average Bonchev–Trinajstić information content (AvgIpc) is 3.23. The highest BCUT2D eigenvalue weighted by atomic mass is 32.1. The van der Waals surface area contributed by atoms with Gasteiger partial charge < -0.3 is 14.4 Å². The molecule has 7 nitrogen and oxygen atoms in total. The number of ether oxygens (including phenoxy) is 2. The van der Waals surface area contributed by atoms with Crippen LogP contribution in [-0.4, -0.2) is 41.5 Å². The van der Waals surface area contributed by atoms with E-state index in [0.29, 0.717) is 22.9 Å². The van der Waals surface area contributed by atoms with Gasteiger partial charge in [-0.15, -0.1) is 11.3 Å². The molecule has 0 bridgehead atoms. The van der Waals surface area contributed by atoms with Gasteiger partial charge in [-0.05, 0) is 17.7 Å². The van der Waals surface area contributed by atoms with E-state index in [9.17, 15) is 9.59 Å². The van der Waals surface area contributed by atoms with Gasteiger partial charge in [-0.25, -0.2) is 4.98 Å². The predicted molar refractivity (Wildman–Crippen MR) is 124 cm³/mol. The Kier molecular flexibility index (Phi) is 6.23. The minimum Gasteiger partial charge on any atom is -0.497 e. The van der Waals surface area contributed by atoms with Crippen LogP contribution in [0.25, 0.3) is 4.96 Å². The van der Waals surface area contributed by atoms with Gasteiger partial charge in [0.05, 0.1) is 14.2 Å². The number of carbonyl (C=O) groups is 1. The highest BCUT2D eigenvalue weighted by molar-refractivity contribution is 7.17. The average molecular weight is 450 g/mol. The van der Waals surface area contributed by atoms with Crippen LogP contribution >= 0.6 is 11.3 Å². The van der Waals surface area contributed by atoms with Crippen LogP contribution in [0, 0.1) is 0 Å². The van der Waals surface area contributed by atoms with Crippen molar-refractivity contribution in [3.63, 3.8) is 0 Å². The zero-order chi connectivity index (χ0) is 22.7. The number of rotatable bonds is 7. The molecular weight excluding hydrogens is 426 g/mol. The lowest BCUT2D eigenvalue weighted by Gasteiger charge is -2.19. The van der Waals surface area contributed by atoms with E-state index in [4.69, 9.17) is 9.47 Å². The van der Waals surface area contributed by atoms with Crippen molar-refractivity contribution < 1.29 is 14.3 Å². The Labute approximate surface area is 189 Å². The van der Waals surface area contributed by atoms with Crippen LogP contribution in [0.2, 0.25) is 0 Å². The third-order valence-corrected chi connectivity index (χ3v) is 6.15. The second kappa shape index (κ2) is 9.23. The summed E-state index contributed by atoms with van der Waals surface area (Å²) in [5.74, 6) is 0.875. The van der Waals surface area contributed by atoms with Crippen LogP contribution in [0.5, 0.6) is 11.5 Å². The molecule has 1 amide bonds. The largest absolute Gasteiger partial charge is 0.497 e. The summed E-state index contributed by atoms with van der Waals surface area (Å²) in [6, 6.07) is 15.4. The number of nitrogens with zero attached hydrogens (tertiary/aromatic N) is 3. The van der Waals surface area contributed by atoms with Crippen molar-refractivity contribution in [1.29, 1.82) is 0 Å². The van der Waals surface area contributed by atoms with Crippen molar-refractivity contribution in [2.75, 3.05) is 21.3 Å². The molecule has 164 valence electrons. The van der Waals surface area contributed by atoms with Crippen molar-refractivity contribution in [3.05, 3.63) is 92.8 Å². The molecule has 2 heterocycles. The molecule has 0 saturated carbocycles. The smallest absolute Gasteiger partial charge is 0.271 e. The fraction of sp³-hybridized carbons (Fsp3) is 0.208. The van der Waals surface area contributed by atoms with Crippen LogP contribution in [0.1, 0.15) is 26.4 Å². The van der Waals surface area contributed by atoms with Gasteiger partial charge in [0.15, 0.2) is 4.96 Å². The van der Waals surface area contributed by atoms with Crippen LogP contribution in [0.15, 0.2) is 65.7 Å². The van der Waals surface area contributed by atoms with Crippen molar-refractivity contribution in [1.82, 2.24) is 14.3 Å². The maximum absolute atomic E-state index is 13.0. The molecule has 0 unspecified atom stereocenters.